The summed E-state index contributed by atoms with van der Waals surface area (Å²) >= 11 is 0. The molecule has 218 valence electrons. The maximum atomic E-state index is 13.0. The van der Waals surface area contributed by atoms with Crippen molar-refractivity contribution in [1.82, 2.24) is 9.88 Å². The van der Waals surface area contributed by atoms with Gasteiger partial charge in [-0.2, -0.15) is 0 Å². The van der Waals surface area contributed by atoms with Crippen molar-refractivity contribution in [3.05, 3.63) is 103 Å². The summed E-state index contributed by atoms with van der Waals surface area (Å²) in [6.07, 6.45) is 2.09. The number of nitrogens with zero attached hydrogens (tertiary/aromatic N) is 1. The molecule has 0 unspecified atom stereocenters. The Kier molecular flexibility index (Phi) is 8.40. The number of anilines is 1. The van der Waals surface area contributed by atoms with Gasteiger partial charge in [0.2, 0.25) is 11.8 Å². The molecule has 0 bridgehead atoms. The lowest BCUT2D eigenvalue weighted by Gasteiger charge is -2.22. The zero-order valence-corrected chi connectivity index (χ0v) is 24.3. The summed E-state index contributed by atoms with van der Waals surface area (Å²) in [6.45, 7) is 3.80. The number of carbonyl (C=O) groups is 2. The van der Waals surface area contributed by atoms with Crippen molar-refractivity contribution in [2.45, 2.75) is 26.2 Å². The average Bonchev–Trinajstić information content (AvgIpc) is 3.47. The van der Waals surface area contributed by atoms with Gasteiger partial charge in [0.25, 0.3) is 0 Å². The number of benzene rings is 4. The molecule has 4 aromatic carbocycles. The Bertz CT molecular complexity index is 1730. The standard InChI is InChI=1S/C36H35N3O4/c1-2-3-17-39(36(41)20-25-7-5-4-6-8-25)24-35(40)37-30-13-9-26(10-14-30)32-22-29-21-27(11-15-31(29)38-32)28-12-16-33-34(23-28)43-19-18-42-33/h4-16,21-23,38H,2-3,17-20,24H2,1H3,(H,37,40). The summed E-state index contributed by atoms with van der Waals surface area (Å²) < 4.78 is 11.4. The molecule has 1 aliphatic heterocycles. The van der Waals surface area contributed by atoms with Crippen LogP contribution in [0.4, 0.5) is 5.69 Å². The molecule has 1 aromatic heterocycles. The molecule has 43 heavy (non-hydrogen) atoms. The molecule has 0 atom stereocenters. The van der Waals surface area contributed by atoms with E-state index in [0.717, 1.165) is 63.2 Å². The predicted molar refractivity (Wildman–Crippen MR) is 170 cm³/mol. The van der Waals surface area contributed by atoms with Crippen LogP contribution in [0.2, 0.25) is 0 Å². The van der Waals surface area contributed by atoms with Gasteiger partial charge < -0.3 is 24.7 Å². The first kappa shape index (κ1) is 28.1. The van der Waals surface area contributed by atoms with Crippen LogP contribution in [0.15, 0.2) is 97.1 Å². The first-order valence-corrected chi connectivity index (χ1v) is 14.8. The van der Waals surface area contributed by atoms with Crippen LogP contribution in [0.3, 0.4) is 0 Å². The van der Waals surface area contributed by atoms with Crippen LogP contribution in [0.1, 0.15) is 25.3 Å². The van der Waals surface area contributed by atoms with Gasteiger partial charge in [-0.1, -0.05) is 67.9 Å². The van der Waals surface area contributed by atoms with Crippen LogP contribution in [0.5, 0.6) is 11.5 Å². The summed E-state index contributed by atoms with van der Waals surface area (Å²) in [5.41, 5.74) is 6.86. The Morgan fingerprint density at radius 3 is 2.33 bits per heavy atom. The Morgan fingerprint density at radius 2 is 1.53 bits per heavy atom. The van der Waals surface area contributed by atoms with Gasteiger partial charge in [0.1, 0.15) is 13.2 Å². The number of unbranched alkanes of at least 4 members (excludes halogenated alkanes) is 1. The van der Waals surface area contributed by atoms with E-state index in [9.17, 15) is 9.59 Å². The van der Waals surface area contributed by atoms with Gasteiger partial charge in [-0.3, -0.25) is 9.59 Å². The summed E-state index contributed by atoms with van der Waals surface area (Å²) in [5, 5.41) is 4.06. The normalized spacial score (nSPS) is 12.2. The van der Waals surface area contributed by atoms with Crippen LogP contribution in [0.25, 0.3) is 33.3 Å². The smallest absolute Gasteiger partial charge is 0.243 e. The van der Waals surface area contributed by atoms with Crippen LogP contribution < -0.4 is 14.8 Å². The maximum Gasteiger partial charge on any atom is 0.243 e. The van der Waals surface area contributed by atoms with Gasteiger partial charge >= 0.3 is 0 Å². The van der Waals surface area contributed by atoms with Crippen molar-refractivity contribution in [3.8, 4) is 33.9 Å². The van der Waals surface area contributed by atoms with Gasteiger partial charge in [-0.05, 0) is 71.1 Å². The van der Waals surface area contributed by atoms with E-state index in [1.54, 1.807) is 4.90 Å². The summed E-state index contributed by atoms with van der Waals surface area (Å²) in [7, 11) is 0. The van der Waals surface area contributed by atoms with E-state index in [1.165, 1.54) is 0 Å². The third-order valence-corrected chi connectivity index (χ3v) is 7.64. The summed E-state index contributed by atoms with van der Waals surface area (Å²) in [4.78, 5) is 31.0. The van der Waals surface area contributed by atoms with Crippen molar-refractivity contribution in [2.24, 2.45) is 0 Å². The molecule has 2 heterocycles. The lowest BCUT2D eigenvalue weighted by molar-refractivity contribution is -0.134. The Hall–Kier alpha value is -5.04. The Labute approximate surface area is 251 Å². The van der Waals surface area contributed by atoms with Gasteiger partial charge in [0, 0.05) is 28.8 Å². The molecule has 7 nitrogen and oxygen atoms in total. The molecule has 7 heteroatoms. The molecule has 2 N–H and O–H groups in total. The first-order chi connectivity index (χ1) is 21.1. The number of nitrogens with one attached hydrogen (secondary N) is 2. The van der Waals surface area contributed by atoms with E-state index < -0.39 is 0 Å². The molecule has 0 radical (unpaired) electrons. The number of amides is 2. The SMILES string of the molecule is CCCCN(CC(=O)Nc1ccc(-c2cc3cc(-c4ccc5c(c4)OCCO5)ccc3[nH]2)cc1)C(=O)Cc1ccccc1. The topological polar surface area (TPSA) is 83.7 Å². The van der Waals surface area contributed by atoms with Crippen LogP contribution >= 0.6 is 0 Å². The van der Waals surface area contributed by atoms with Gasteiger partial charge in [-0.25, -0.2) is 0 Å². The minimum atomic E-state index is -0.206. The molecular formula is C36H35N3O4. The highest BCUT2D eigenvalue weighted by Crippen LogP contribution is 2.36. The third kappa shape index (κ3) is 6.72. The van der Waals surface area contributed by atoms with Crippen molar-refractivity contribution < 1.29 is 19.1 Å². The van der Waals surface area contributed by atoms with Crippen molar-refractivity contribution in [1.29, 1.82) is 0 Å². The fourth-order valence-electron chi connectivity index (χ4n) is 5.32. The highest BCUT2D eigenvalue weighted by atomic mass is 16.6. The number of rotatable bonds is 10. The number of fused-ring (bicyclic) bond motifs is 2. The van der Waals surface area contributed by atoms with E-state index in [2.05, 4.69) is 47.6 Å². The number of carbonyl (C=O) groups excluding carboxylic acids is 2. The number of aromatic amines is 1. The minimum absolute atomic E-state index is 0.0289. The van der Waals surface area contributed by atoms with Gasteiger partial charge in [-0.15, -0.1) is 0 Å². The minimum Gasteiger partial charge on any atom is -0.486 e. The Balaban J connectivity index is 1.11. The second-order valence-electron chi connectivity index (χ2n) is 10.8. The second-order valence-corrected chi connectivity index (χ2v) is 10.8. The number of aromatic nitrogens is 1. The van der Waals surface area contributed by atoms with Gasteiger partial charge in [0.15, 0.2) is 11.5 Å². The average molecular weight is 574 g/mol. The molecule has 6 rings (SSSR count). The lowest BCUT2D eigenvalue weighted by atomic mass is 10.0. The van der Waals surface area contributed by atoms with Crippen molar-refractivity contribution in [3.63, 3.8) is 0 Å². The van der Waals surface area contributed by atoms with E-state index in [1.807, 2.05) is 66.7 Å². The van der Waals surface area contributed by atoms with Crippen LogP contribution in [-0.2, 0) is 16.0 Å². The molecule has 0 aliphatic carbocycles. The molecule has 2 amide bonds. The third-order valence-electron chi connectivity index (χ3n) is 7.64. The first-order valence-electron chi connectivity index (χ1n) is 14.8. The van der Waals surface area contributed by atoms with E-state index in [4.69, 9.17) is 9.47 Å². The second kappa shape index (κ2) is 12.9. The number of hydrogen-bond donors (Lipinski definition) is 2. The molecular weight excluding hydrogens is 538 g/mol. The summed E-state index contributed by atoms with van der Waals surface area (Å²) in [6, 6.07) is 31.9. The predicted octanol–water partition coefficient (Wildman–Crippen LogP) is 7.08. The molecule has 0 fully saturated rings. The van der Waals surface area contributed by atoms with Crippen LogP contribution in [0, 0.1) is 0 Å². The number of ether oxygens (including phenoxy) is 2. The number of H-pyrrole nitrogens is 1. The monoisotopic (exact) mass is 573 g/mol. The van der Waals surface area contributed by atoms with Crippen molar-refractivity contribution in [2.75, 3.05) is 31.6 Å². The van der Waals surface area contributed by atoms with E-state index >= 15 is 0 Å². The summed E-state index contributed by atoms with van der Waals surface area (Å²) in [5.74, 6) is 1.31. The Morgan fingerprint density at radius 1 is 0.814 bits per heavy atom. The molecule has 0 saturated heterocycles. The zero-order chi connectivity index (χ0) is 29.6. The quantitative estimate of drug-likeness (QED) is 0.187. The highest BCUT2D eigenvalue weighted by Gasteiger charge is 2.18. The largest absolute Gasteiger partial charge is 0.486 e. The van der Waals surface area contributed by atoms with E-state index in [0.29, 0.717) is 25.4 Å². The lowest BCUT2D eigenvalue weighted by Crippen LogP contribution is -2.39. The molecule has 5 aromatic rings. The fourth-order valence-corrected chi connectivity index (χ4v) is 5.32. The highest BCUT2D eigenvalue weighted by molar-refractivity contribution is 5.95. The fraction of sp³-hybridized carbons (Fsp3) is 0.222. The molecule has 1 aliphatic rings. The maximum absolute atomic E-state index is 13.0. The van der Waals surface area contributed by atoms with E-state index in [-0.39, 0.29) is 24.8 Å². The van der Waals surface area contributed by atoms with Crippen molar-refractivity contribution >= 4 is 28.4 Å². The molecule has 0 spiro atoms. The zero-order valence-electron chi connectivity index (χ0n) is 24.3. The van der Waals surface area contributed by atoms with Gasteiger partial charge in [0.05, 0.1) is 13.0 Å². The van der Waals surface area contributed by atoms with Crippen LogP contribution in [-0.4, -0.2) is 48.0 Å². The molecule has 0 saturated carbocycles. The number of hydrogen-bond acceptors (Lipinski definition) is 4.